The van der Waals surface area contributed by atoms with Crippen LogP contribution in [0.5, 0.6) is 0 Å². The van der Waals surface area contributed by atoms with E-state index in [9.17, 15) is 4.79 Å². The SMILES string of the molecule is COC(=O)[C@H](N)c1ccc(C(C)(C)C)cc1.Cl. The lowest BCUT2D eigenvalue weighted by Crippen LogP contribution is -2.22. The van der Waals surface area contributed by atoms with Crippen molar-refractivity contribution in [3.05, 3.63) is 35.4 Å². The summed E-state index contributed by atoms with van der Waals surface area (Å²) in [6, 6.07) is 7.06. The first-order chi connectivity index (χ1) is 7.36. The summed E-state index contributed by atoms with van der Waals surface area (Å²) in [5.74, 6) is -0.413. The van der Waals surface area contributed by atoms with Gasteiger partial charge in [0.1, 0.15) is 6.04 Å². The van der Waals surface area contributed by atoms with Gasteiger partial charge >= 0.3 is 5.97 Å². The van der Waals surface area contributed by atoms with Crippen LogP contribution >= 0.6 is 12.4 Å². The molecule has 0 spiro atoms. The number of rotatable bonds is 2. The second-order valence-electron chi connectivity index (χ2n) is 4.87. The number of hydrogen-bond donors (Lipinski definition) is 1. The van der Waals surface area contributed by atoms with Gasteiger partial charge in [0.15, 0.2) is 0 Å². The molecule has 0 bridgehead atoms. The number of methoxy groups -OCH3 is 1. The number of carbonyl (C=O) groups excluding carboxylic acids is 1. The Morgan fingerprint density at radius 3 is 2.06 bits per heavy atom. The number of carbonyl (C=O) groups is 1. The normalized spacial score (nSPS) is 12.5. The lowest BCUT2D eigenvalue weighted by atomic mass is 9.86. The van der Waals surface area contributed by atoms with Crippen molar-refractivity contribution in [1.82, 2.24) is 0 Å². The molecule has 0 heterocycles. The van der Waals surface area contributed by atoms with E-state index in [1.165, 1.54) is 12.7 Å². The summed E-state index contributed by atoms with van der Waals surface area (Å²) >= 11 is 0. The van der Waals surface area contributed by atoms with E-state index in [2.05, 4.69) is 25.5 Å². The zero-order chi connectivity index (χ0) is 12.3. The highest BCUT2D eigenvalue weighted by Crippen LogP contribution is 2.23. The minimum atomic E-state index is -0.695. The lowest BCUT2D eigenvalue weighted by Gasteiger charge is -2.19. The standard InChI is InChI=1S/C13H19NO2.ClH/c1-13(2,3)10-7-5-9(6-8-10)11(14)12(15)16-4;/h5-8,11H,14H2,1-4H3;1H/t11-;/m1./s1. The second-order valence-corrected chi connectivity index (χ2v) is 4.87. The van der Waals surface area contributed by atoms with E-state index in [1.54, 1.807) is 0 Å². The number of esters is 1. The van der Waals surface area contributed by atoms with E-state index >= 15 is 0 Å². The Bertz CT molecular complexity index is 368. The molecular weight excluding hydrogens is 238 g/mol. The molecule has 0 radical (unpaired) electrons. The fraction of sp³-hybridized carbons (Fsp3) is 0.462. The molecule has 1 rings (SSSR count). The van der Waals surface area contributed by atoms with E-state index in [0.717, 1.165) is 5.56 Å². The van der Waals surface area contributed by atoms with Crippen molar-refractivity contribution in [3.8, 4) is 0 Å². The first-order valence-corrected chi connectivity index (χ1v) is 5.30. The van der Waals surface area contributed by atoms with Crippen LogP contribution in [0.25, 0.3) is 0 Å². The third-order valence-electron chi connectivity index (χ3n) is 2.59. The third-order valence-corrected chi connectivity index (χ3v) is 2.59. The Morgan fingerprint density at radius 2 is 1.71 bits per heavy atom. The van der Waals surface area contributed by atoms with Crippen molar-refractivity contribution in [3.63, 3.8) is 0 Å². The third kappa shape index (κ3) is 4.02. The van der Waals surface area contributed by atoms with Gasteiger partial charge in [-0.2, -0.15) is 0 Å². The predicted octanol–water partition coefficient (Wildman–Crippen LogP) is 2.58. The first-order valence-electron chi connectivity index (χ1n) is 5.30. The van der Waals surface area contributed by atoms with Gasteiger partial charge in [-0.3, -0.25) is 4.79 Å². The highest BCUT2D eigenvalue weighted by molar-refractivity contribution is 5.85. The number of benzene rings is 1. The maximum absolute atomic E-state index is 11.2. The van der Waals surface area contributed by atoms with Crippen LogP contribution in [-0.4, -0.2) is 13.1 Å². The molecule has 96 valence electrons. The molecule has 17 heavy (non-hydrogen) atoms. The summed E-state index contributed by atoms with van der Waals surface area (Å²) in [6.07, 6.45) is 0. The van der Waals surface area contributed by atoms with Crippen LogP contribution < -0.4 is 5.73 Å². The Labute approximate surface area is 109 Å². The van der Waals surface area contributed by atoms with E-state index in [4.69, 9.17) is 5.73 Å². The van der Waals surface area contributed by atoms with Crippen LogP contribution in [0.3, 0.4) is 0 Å². The van der Waals surface area contributed by atoms with Crippen molar-refractivity contribution >= 4 is 18.4 Å². The Kier molecular flexibility index (Phi) is 5.66. The van der Waals surface area contributed by atoms with Crippen molar-refractivity contribution < 1.29 is 9.53 Å². The molecule has 0 aliphatic heterocycles. The summed E-state index contributed by atoms with van der Waals surface area (Å²) in [7, 11) is 1.34. The van der Waals surface area contributed by atoms with Crippen LogP contribution in [0.2, 0.25) is 0 Å². The minimum Gasteiger partial charge on any atom is -0.468 e. The molecule has 0 amide bonds. The summed E-state index contributed by atoms with van der Waals surface area (Å²) in [6.45, 7) is 6.42. The van der Waals surface area contributed by atoms with Crippen LogP contribution in [0.15, 0.2) is 24.3 Å². The maximum atomic E-state index is 11.2. The fourth-order valence-electron chi connectivity index (χ4n) is 1.45. The zero-order valence-corrected chi connectivity index (χ0v) is 11.5. The van der Waals surface area contributed by atoms with Gasteiger partial charge in [-0.15, -0.1) is 12.4 Å². The van der Waals surface area contributed by atoms with Crippen LogP contribution in [0.4, 0.5) is 0 Å². The average Bonchev–Trinajstić information content (AvgIpc) is 2.26. The number of ether oxygens (including phenoxy) is 1. The molecule has 3 nitrogen and oxygen atoms in total. The van der Waals surface area contributed by atoms with Gasteiger partial charge in [-0.25, -0.2) is 0 Å². The van der Waals surface area contributed by atoms with E-state index in [0.29, 0.717) is 0 Å². The number of halogens is 1. The smallest absolute Gasteiger partial charge is 0.327 e. The van der Waals surface area contributed by atoms with Gasteiger partial charge in [0.05, 0.1) is 7.11 Å². The molecule has 4 heteroatoms. The Morgan fingerprint density at radius 1 is 1.24 bits per heavy atom. The minimum absolute atomic E-state index is 0. The second kappa shape index (κ2) is 6.03. The average molecular weight is 258 g/mol. The molecule has 1 aromatic carbocycles. The summed E-state index contributed by atoms with van der Waals surface area (Å²) in [5, 5.41) is 0. The van der Waals surface area contributed by atoms with Gasteiger partial charge in [0.25, 0.3) is 0 Å². The van der Waals surface area contributed by atoms with Gasteiger partial charge in [-0.1, -0.05) is 45.0 Å². The maximum Gasteiger partial charge on any atom is 0.327 e. The Hall–Kier alpha value is -1.06. The fourth-order valence-corrected chi connectivity index (χ4v) is 1.45. The summed E-state index contributed by atoms with van der Waals surface area (Å²) in [5.41, 5.74) is 7.83. The van der Waals surface area contributed by atoms with Gasteiger partial charge in [-0.05, 0) is 16.5 Å². The highest BCUT2D eigenvalue weighted by Gasteiger charge is 2.18. The van der Waals surface area contributed by atoms with Crippen LogP contribution in [-0.2, 0) is 14.9 Å². The molecule has 0 unspecified atom stereocenters. The van der Waals surface area contributed by atoms with E-state index in [1.807, 2.05) is 24.3 Å². The number of nitrogens with two attached hydrogens (primary N) is 1. The molecule has 0 fully saturated rings. The monoisotopic (exact) mass is 257 g/mol. The molecule has 0 saturated heterocycles. The van der Waals surface area contributed by atoms with Crippen molar-refractivity contribution in [2.75, 3.05) is 7.11 Å². The predicted molar refractivity (Wildman–Crippen MR) is 71.3 cm³/mol. The van der Waals surface area contributed by atoms with Crippen LogP contribution in [0.1, 0.15) is 37.9 Å². The first kappa shape index (κ1) is 15.9. The van der Waals surface area contributed by atoms with Crippen molar-refractivity contribution in [1.29, 1.82) is 0 Å². The molecule has 0 aliphatic carbocycles. The van der Waals surface area contributed by atoms with Crippen LogP contribution in [0, 0.1) is 0 Å². The zero-order valence-electron chi connectivity index (χ0n) is 10.7. The van der Waals surface area contributed by atoms with Crippen molar-refractivity contribution in [2.45, 2.75) is 32.2 Å². The molecule has 2 N–H and O–H groups in total. The number of hydrogen-bond acceptors (Lipinski definition) is 3. The summed E-state index contributed by atoms with van der Waals surface area (Å²) < 4.78 is 4.60. The molecule has 0 aliphatic rings. The topological polar surface area (TPSA) is 52.3 Å². The van der Waals surface area contributed by atoms with Gasteiger partial charge < -0.3 is 10.5 Å². The quantitative estimate of drug-likeness (QED) is 0.829. The highest BCUT2D eigenvalue weighted by atomic mass is 35.5. The van der Waals surface area contributed by atoms with Gasteiger partial charge in [0.2, 0.25) is 0 Å². The Balaban J connectivity index is 0.00000256. The largest absolute Gasteiger partial charge is 0.468 e. The molecule has 1 aromatic rings. The van der Waals surface area contributed by atoms with Gasteiger partial charge in [0, 0.05) is 0 Å². The van der Waals surface area contributed by atoms with Crippen molar-refractivity contribution in [2.24, 2.45) is 5.73 Å². The molecule has 1 atom stereocenters. The van der Waals surface area contributed by atoms with E-state index in [-0.39, 0.29) is 17.8 Å². The summed E-state index contributed by atoms with van der Waals surface area (Å²) in [4.78, 5) is 11.2. The lowest BCUT2D eigenvalue weighted by molar-refractivity contribution is -0.142. The van der Waals surface area contributed by atoms with E-state index < -0.39 is 12.0 Å². The molecule has 0 saturated carbocycles. The molecular formula is C13H20ClNO2. The molecule has 0 aromatic heterocycles.